The molecule has 1 saturated heterocycles. The molecule has 1 unspecified atom stereocenters. The number of piperidine rings is 1. The average molecular weight is 452 g/mol. The molecule has 1 heterocycles. The summed E-state index contributed by atoms with van der Waals surface area (Å²) < 4.78 is 26.8. The van der Waals surface area contributed by atoms with Gasteiger partial charge in [-0.25, -0.2) is 8.78 Å². The fraction of sp³-hybridized carbons (Fsp3) is 0.588. The molecule has 0 spiro atoms. The highest BCUT2D eigenvalue weighted by molar-refractivity contribution is 14.0. The van der Waals surface area contributed by atoms with Gasteiger partial charge in [-0.3, -0.25) is 4.99 Å². The highest BCUT2D eigenvalue weighted by Gasteiger charge is 2.18. The Morgan fingerprint density at radius 3 is 2.83 bits per heavy atom. The molecule has 7 heteroatoms. The third-order valence-corrected chi connectivity index (χ3v) is 4.29. The molecule has 1 aromatic rings. The van der Waals surface area contributed by atoms with E-state index < -0.39 is 11.6 Å². The number of nitrogens with zero attached hydrogens (tertiary/aromatic N) is 2. The monoisotopic (exact) mass is 452 g/mol. The minimum absolute atomic E-state index is 0. The zero-order valence-corrected chi connectivity index (χ0v) is 16.6. The van der Waals surface area contributed by atoms with Gasteiger partial charge in [-0.15, -0.1) is 24.0 Å². The zero-order chi connectivity index (χ0) is 16.7. The van der Waals surface area contributed by atoms with E-state index in [4.69, 9.17) is 0 Å². The van der Waals surface area contributed by atoms with Crippen LogP contribution >= 0.6 is 24.0 Å². The summed E-state index contributed by atoms with van der Waals surface area (Å²) in [5, 5.41) is 6.32. The molecule has 0 saturated carbocycles. The first-order valence-corrected chi connectivity index (χ1v) is 8.23. The van der Waals surface area contributed by atoms with Crippen LogP contribution in [0.2, 0.25) is 0 Å². The Bertz CT molecular complexity index is 539. The minimum atomic E-state index is -0.437. The van der Waals surface area contributed by atoms with Gasteiger partial charge in [-0.1, -0.05) is 6.92 Å². The van der Waals surface area contributed by atoms with E-state index in [1.807, 2.05) is 0 Å². The Kier molecular flexibility index (Phi) is 9.50. The van der Waals surface area contributed by atoms with Gasteiger partial charge in [-0.2, -0.15) is 0 Å². The maximum atomic E-state index is 13.6. The van der Waals surface area contributed by atoms with Gasteiger partial charge < -0.3 is 15.5 Å². The molecule has 0 radical (unpaired) electrons. The molecule has 0 aliphatic carbocycles. The Morgan fingerprint density at radius 1 is 1.33 bits per heavy atom. The maximum absolute atomic E-state index is 13.6. The van der Waals surface area contributed by atoms with Crippen LogP contribution in [0.3, 0.4) is 0 Å². The number of guanidine groups is 1. The standard InChI is InChI=1S/C17H26F2N4.HI/c1-3-23-8-4-5-13(12-23)10-21-17(20-2)22-11-14-9-15(18)6-7-16(14)19;/h6-7,9,13H,3-5,8,10-12H2,1-2H3,(H2,20,21,22);1H. The summed E-state index contributed by atoms with van der Waals surface area (Å²) in [6, 6.07) is 3.47. The van der Waals surface area contributed by atoms with Gasteiger partial charge in [-0.05, 0) is 50.0 Å². The van der Waals surface area contributed by atoms with Crippen molar-refractivity contribution in [3.63, 3.8) is 0 Å². The highest BCUT2D eigenvalue weighted by Crippen LogP contribution is 2.15. The van der Waals surface area contributed by atoms with Crippen molar-refractivity contribution >= 4 is 29.9 Å². The van der Waals surface area contributed by atoms with Crippen molar-refractivity contribution in [2.45, 2.75) is 26.3 Å². The zero-order valence-electron chi connectivity index (χ0n) is 14.3. The molecular weight excluding hydrogens is 425 g/mol. The van der Waals surface area contributed by atoms with Gasteiger partial charge in [0.25, 0.3) is 0 Å². The smallest absolute Gasteiger partial charge is 0.191 e. The van der Waals surface area contributed by atoms with E-state index in [0.717, 1.165) is 31.8 Å². The molecule has 2 N–H and O–H groups in total. The topological polar surface area (TPSA) is 39.7 Å². The molecule has 1 aromatic carbocycles. The second-order valence-corrected chi connectivity index (χ2v) is 5.94. The summed E-state index contributed by atoms with van der Waals surface area (Å²) in [5.41, 5.74) is 0.294. The number of hydrogen-bond donors (Lipinski definition) is 2. The molecule has 1 aliphatic heterocycles. The van der Waals surface area contributed by atoms with Crippen molar-refractivity contribution < 1.29 is 8.78 Å². The van der Waals surface area contributed by atoms with E-state index in [1.54, 1.807) is 7.05 Å². The number of hydrogen-bond acceptors (Lipinski definition) is 2. The summed E-state index contributed by atoms with van der Waals surface area (Å²) in [6.07, 6.45) is 2.43. The molecule has 0 bridgehead atoms. The summed E-state index contributed by atoms with van der Waals surface area (Å²) in [4.78, 5) is 6.60. The van der Waals surface area contributed by atoms with Crippen molar-refractivity contribution in [3.05, 3.63) is 35.4 Å². The lowest BCUT2D eigenvalue weighted by atomic mass is 9.98. The van der Waals surface area contributed by atoms with Crippen LogP contribution in [-0.4, -0.2) is 44.1 Å². The number of nitrogens with one attached hydrogen (secondary N) is 2. The average Bonchev–Trinajstić information content (AvgIpc) is 2.58. The molecule has 1 atom stereocenters. The van der Waals surface area contributed by atoms with Crippen molar-refractivity contribution in [1.29, 1.82) is 0 Å². The second kappa shape index (κ2) is 10.8. The first kappa shape index (κ1) is 21.1. The number of benzene rings is 1. The van der Waals surface area contributed by atoms with E-state index in [1.165, 1.54) is 25.5 Å². The predicted molar refractivity (Wildman–Crippen MR) is 105 cm³/mol. The Morgan fingerprint density at radius 2 is 2.12 bits per heavy atom. The molecule has 0 aromatic heterocycles. The van der Waals surface area contributed by atoms with Crippen LogP contribution in [0.15, 0.2) is 23.2 Å². The lowest BCUT2D eigenvalue weighted by Crippen LogP contribution is -2.44. The van der Waals surface area contributed by atoms with Crippen LogP contribution < -0.4 is 10.6 Å². The van der Waals surface area contributed by atoms with Gasteiger partial charge >= 0.3 is 0 Å². The van der Waals surface area contributed by atoms with Crippen molar-refractivity contribution in [3.8, 4) is 0 Å². The first-order chi connectivity index (χ1) is 11.1. The second-order valence-electron chi connectivity index (χ2n) is 5.94. The third-order valence-electron chi connectivity index (χ3n) is 4.29. The quantitative estimate of drug-likeness (QED) is 0.410. The minimum Gasteiger partial charge on any atom is -0.356 e. The summed E-state index contributed by atoms with van der Waals surface area (Å²) in [6.45, 7) is 6.58. The summed E-state index contributed by atoms with van der Waals surface area (Å²) in [7, 11) is 1.68. The number of rotatable bonds is 5. The van der Waals surface area contributed by atoms with E-state index in [9.17, 15) is 8.78 Å². The van der Waals surface area contributed by atoms with Gasteiger partial charge in [0.1, 0.15) is 11.6 Å². The van der Waals surface area contributed by atoms with Crippen molar-refractivity contribution in [1.82, 2.24) is 15.5 Å². The summed E-state index contributed by atoms with van der Waals surface area (Å²) >= 11 is 0. The number of likely N-dealkylation sites (tertiary alicyclic amines) is 1. The predicted octanol–water partition coefficient (Wildman–Crippen LogP) is 2.98. The molecule has 1 fully saturated rings. The molecule has 24 heavy (non-hydrogen) atoms. The van der Waals surface area contributed by atoms with Gasteiger partial charge in [0, 0.05) is 32.2 Å². The van der Waals surface area contributed by atoms with E-state index >= 15 is 0 Å². The van der Waals surface area contributed by atoms with Crippen LogP contribution in [0.1, 0.15) is 25.3 Å². The van der Waals surface area contributed by atoms with E-state index in [2.05, 4.69) is 27.4 Å². The highest BCUT2D eigenvalue weighted by atomic mass is 127. The molecule has 1 aliphatic rings. The van der Waals surface area contributed by atoms with Crippen molar-refractivity contribution in [2.75, 3.05) is 33.2 Å². The van der Waals surface area contributed by atoms with Crippen LogP contribution in [0.4, 0.5) is 8.78 Å². The number of halogens is 3. The molecule has 0 amide bonds. The molecule has 2 rings (SSSR count). The SMILES string of the molecule is CCN1CCCC(CNC(=NC)NCc2cc(F)ccc2F)C1.I. The number of aliphatic imine (C=N–C) groups is 1. The first-order valence-electron chi connectivity index (χ1n) is 8.23. The Hall–Kier alpha value is -0.960. The Balaban J connectivity index is 0.00000288. The molecule has 4 nitrogen and oxygen atoms in total. The van der Waals surface area contributed by atoms with E-state index in [-0.39, 0.29) is 30.5 Å². The van der Waals surface area contributed by atoms with Gasteiger partial charge in [0.2, 0.25) is 0 Å². The fourth-order valence-electron chi connectivity index (χ4n) is 2.92. The molecule has 136 valence electrons. The van der Waals surface area contributed by atoms with Gasteiger partial charge in [0.15, 0.2) is 5.96 Å². The molecular formula is C17H27F2IN4. The maximum Gasteiger partial charge on any atom is 0.191 e. The van der Waals surface area contributed by atoms with Crippen LogP contribution in [-0.2, 0) is 6.54 Å². The largest absolute Gasteiger partial charge is 0.356 e. The van der Waals surface area contributed by atoms with Crippen molar-refractivity contribution in [2.24, 2.45) is 10.9 Å². The lowest BCUT2D eigenvalue weighted by molar-refractivity contribution is 0.183. The Labute approximate surface area is 160 Å². The normalized spacial score (nSPS) is 18.8. The van der Waals surface area contributed by atoms with Crippen LogP contribution in [0, 0.1) is 17.6 Å². The van der Waals surface area contributed by atoms with Crippen LogP contribution in [0.25, 0.3) is 0 Å². The summed E-state index contributed by atoms with van der Waals surface area (Å²) in [5.74, 6) is 0.351. The van der Waals surface area contributed by atoms with E-state index in [0.29, 0.717) is 17.4 Å². The lowest BCUT2D eigenvalue weighted by Gasteiger charge is -2.32. The third kappa shape index (κ3) is 6.51. The van der Waals surface area contributed by atoms with Gasteiger partial charge in [0.05, 0.1) is 0 Å². The fourth-order valence-corrected chi connectivity index (χ4v) is 2.92. The van der Waals surface area contributed by atoms with Crippen LogP contribution in [0.5, 0.6) is 0 Å².